The number of hydrogen-bond acceptors (Lipinski definition) is 3. The molecule has 0 aliphatic carbocycles. The summed E-state index contributed by atoms with van der Waals surface area (Å²) in [5, 5.41) is 0. The van der Waals surface area contributed by atoms with Crippen molar-refractivity contribution in [2.45, 2.75) is 46.2 Å². The van der Waals surface area contributed by atoms with Gasteiger partial charge in [-0.25, -0.2) is 0 Å². The molecule has 2 aliphatic heterocycles. The third kappa shape index (κ3) is 2.03. The lowest BCUT2D eigenvalue weighted by molar-refractivity contribution is 0.102. The average molecular weight is 209 g/mol. The highest BCUT2D eigenvalue weighted by molar-refractivity contribution is 5.85. The molecule has 2 aliphatic rings. The van der Waals surface area contributed by atoms with E-state index >= 15 is 0 Å². The third-order valence-electron chi connectivity index (χ3n) is 3.65. The standard InChI is InChI=1S/C12H23N3/c1-9(2)11-7-13-12-5-6-14(10(3)4)8-15(11)12/h9-11H,5-8H2,1-4H3. The van der Waals surface area contributed by atoms with Gasteiger partial charge in [0.2, 0.25) is 0 Å². The van der Waals surface area contributed by atoms with Gasteiger partial charge in [0.1, 0.15) is 5.84 Å². The Bertz CT molecular complexity index is 258. The van der Waals surface area contributed by atoms with Gasteiger partial charge < -0.3 is 4.90 Å². The van der Waals surface area contributed by atoms with Crippen LogP contribution in [0.1, 0.15) is 34.1 Å². The van der Waals surface area contributed by atoms with E-state index in [0.29, 0.717) is 18.0 Å². The van der Waals surface area contributed by atoms with Gasteiger partial charge in [0.25, 0.3) is 0 Å². The van der Waals surface area contributed by atoms with Crippen molar-refractivity contribution in [1.29, 1.82) is 0 Å². The van der Waals surface area contributed by atoms with Gasteiger partial charge in [-0.3, -0.25) is 9.89 Å². The van der Waals surface area contributed by atoms with Crippen molar-refractivity contribution in [3.63, 3.8) is 0 Å². The molecule has 3 nitrogen and oxygen atoms in total. The summed E-state index contributed by atoms with van der Waals surface area (Å²) in [5.74, 6) is 2.06. The molecular weight excluding hydrogens is 186 g/mol. The number of hydrogen-bond donors (Lipinski definition) is 0. The van der Waals surface area contributed by atoms with E-state index in [1.807, 2.05) is 0 Å². The molecule has 86 valence electrons. The summed E-state index contributed by atoms with van der Waals surface area (Å²) < 4.78 is 0. The Morgan fingerprint density at radius 1 is 1.27 bits per heavy atom. The van der Waals surface area contributed by atoms with Crippen molar-refractivity contribution in [2.24, 2.45) is 10.9 Å². The van der Waals surface area contributed by atoms with Crippen LogP contribution in [0.2, 0.25) is 0 Å². The van der Waals surface area contributed by atoms with Gasteiger partial charge in [0, 0.05) is 19.0 Å². The minimum absolute atomic E-state index is 0.640. The Balaban J connectivity index is 2.05. The Labute approximate surface area is 93.2 Å². The number of nitrogens with zero attached hydrogens (tertiary/aromatic N) is 3. The van der Waals surface area contributed by atoms with E-state index < -0.39 is 0 Å². The van der Waals surface area contributed by atoms with Crippen LogP contribution in [0.3, 0.4) is 0 Å². The van der Waals surface area contributed by atoms with Gasteiger partial charge in [0.15, 0.2) is 0 Å². The summed E-state index contributed by atoms with van der Waals surface area (Å²) >= 11 is 0. The molecule has 1 fully saturated rings. The van der Waals surface area contributed by atoms with Crippen molar-refractivity contribution in [1.82, 2.24) is 9.80 Å². The van der Waals surface area contributed by atoms with E-state index in [9.17, 15) is 0 Å². The van der Waals surface area contributed by atoms with Crippen molar-refractivity contribution in [2.75, 3.05) is 19.8 Å². The largest absolute Gasteiger partial charge is 0.342 e. The normalized spacial score (nSPS) is 27.5. The summed E-state index contributed by atoms with van der Waals surface area (Å²) in [6.07, 6.45) is 1.14. The zero-order valence-electron chi connectivity index (χ0n) is 10.4. The highest BCUT2D eigenvalue weighted by Crippen LogP contribution is 2.24. The van der Waals surface area contributed by atoms with Crippen LogP contribution in [0.4, 0.5) is 0 Å². The van der Waals surface area contributed by atoms with Gasteiger partial charge in [-0.1, -0.05) is 13.8 Å². The molecule has 1 unspecified atom stereocenters. The molecule has 0 aromatic carbocycles. The van der Waals surface area contributed by atoms with Gasteiger partial charge in [-0.15, -0.1) is 0 Å². The Kier molecular flexibility index (Phi) is 3.01. The van der Waals surface area contributed by atoms with E-state index in [4.69, 9.17) is 0 Å². The third-order valence-corrected chi connectivity index (χ3v) is 3.65. The van der Waals surface area contributed by atoms with Crippen molar-refractivity contribution >= 4 is 5.84 Å². The van der Waals surface area contributed by atoms with Crippen LogP contribution in [0, 0.1) is 5.92 Å². The molecule has 3 heteroatoms. The van der Waals surface area contributed by atoms with Gasteiger partial charge in [-0.05, 0) is 19.8 Å². The average Bonchev–Trinajstić information content (AvgIpc) is 2.59. The van der Waals surface area contributed by atoms with E-state index in [1.54, 1.807) is 0 Å². The lowest BCUT2D eigenvalue weighted by Crippen LogP contribution is -2.53. The first-order valence-electron chi connectivity index (χ1n) is 6.13. The molecule has 1 saturated heterocycles. The summed E-state index contributed by atoms with van der Waals surface area (Å²) in [6.45, 7) is 12.4. The van der Waals surface area contributed by atoms with Gasteiger partial charge in [0.05, 0.1) is 19.3 Å². The first-order chi connectivity index (χ1) is 7.09. The van der Waals surface area contributed by atoms with E-state index in [2.05, 4.69) is 42.5 Å². The van der Waals surface area contributed by atoms with E-state index in [1.165, 1.54) is 12.4 Å². The zero-order chi connectivity index (χ0) is 11.0. The maximum atomic E-state index is 4.67. The Morgan fingerprint density at radius 2 is 2.00 bits per heavy atom. The fraction of sp³-hybridized carbons (Fsp3) is 0.917. The van der Waals surface area contributed by atoms with Crippen LogP contribution in [0.25, 0.3) is 0 Å². The SMILES string of the molecule is CC(C)C1CN=C2CCN(C(C)C)CN21. The fourth-order valence-corrected chi connectivity index (χ4v) is 2.49. The molecular formula is C12H23N3. The first kappa shape index (κ1) is 10.9. The number of aliphatic imine (C=N–C) groups is 1. The van der Waals surface area contributed by atoms with E-state index in [0.717, 1.165) is 19.6 Å². The first-order valence-corrected chi connectivity index (χ1v) is 6.13. The van der Waals surface area contributed by atoms with Crippen LogP contribution in [0.5, 0.6) is 0 Å². The lowest BCUT2D eigenvalue weighted by atomic mass is 10.0. The molecule has 15 heavy (non-hydrogen) atoms. The number of rotatable bonds is 2. The summed E-state index contributed by atoms with van der Waals surface area (Å²) in [5.41, 5.74) is 0. The predicted molar refractivity (Wildman–Crippen MR) is 64.1 cm³/mol. The lowest BCUT2D eigenvalue weighted by Gasteiger charge is -2.41. The van der Waals surface area contributed by atoms with Crippen molar-refractivity contribution in [3.8, 4) is 0 Å². The molecule has 0 bridgehead atoms. The summed E-state index contributed by atoms with van der Waals surface area (Å²) in [6, 6.07) is 1.29. The van der Waals surface area contributed by atoms with Crippen LogP contribution in [-0.4, -0.2) is 47.5 Å². The zero-order valence-corrected chi connectivity index (χ0v) is 10.4. The van der Waals surface area contributed by atoms with Crippen LogP contribution < -0.4 is 0 Å². The molecule has 0 saturated carbocycles. The summed E-state index contributed by atoms with van der Waals surface area (Å²) in [7, 11) is 0. The maximum absolute atomic E-state index is 4.67. The van der Waals surface area contributed by atoms with Crippen LogP contribution in [-0.2, 0) is 0 Å². The predicted octanol–water partition coefficient (Wildman–Crippen LogP) is 1.80. The quantitative estimate of drug-likeness (QED) is 0.690. The smallest absolute Gasteiger partial charge is 0.102 e. The minimum atomic E-state index is 0.640. The summed E-state index contributed by atoms with van der Waals surface area (Å²) in [4.78, 5) is 9.73. The molecule has 0 spiro atoms. The molecule has 0 aromatic rings. The molecule has 0 N–H and O–H groups in total. The molecule has 2 heterocycles. The monoisotopic (exact) mass is 209 g/mol. The van der Waals surface area contributed by atoms with Crippen LogP contribution in [0.15, 0.2) is 4.99 Å². The fourth-order valence-electron chi connectivity index (χ4n) is 2.49. The van der Waals surface area contributed by atoms with Gasteiger partial charge in [-0.2, -0.15) is 0 Å². The highest BCUT2D eigenvalue weighted by atomic mass is 15.4. The Morgan fingerprint density at radius 3 is 2.60 bits per heavy atom. The number of fused-ring (bicyclic) bond motifs is 1. The molecule has 0 aromatic heterocycles. The molecule has 2 rings (SSSR count). The maximum Gasteiger partial charge on any atom is 0.102 e. The van der Waals surface area contributed by atoms with Crippen molar-refractivity contribution < 1.29 is 0 Å². The highest BCUT2D eigenvalue weighted by Gasteiger charge is 2.34. The second-order valence-electron chi connectivity index (χ2n) is 5.34. The van der Waals surface area contributed by atoms with E-state index in [-0.39, 0.29) is 0 Å². The topological polar surface area (TPSA) is 18.8 Å². The minimum Gasteiger partial charge on any atom is -0.342 e. The van der Waals surface area contributed by atoms with Crippen molar-refractivity contribution in [3.05, 3.63) is 0 Å². The number of amidine groups is 1. The second-order valence-corrected chi connectivity index (χ2v) is 5.34. The Hall–Kier alpha value is -0.570. The molecule has 0 radical (unpaired) electrons. The van der Waals surface area contributed by atoms with Crippen LogP contribution >= 0.6 is 0 Å². The second kappa shape index (κ2) is 4.12. The molecule has 1 atom stereocenters. The van der Waals surface area contributed by atoms with Gasteiger partial charge >= 0.3 is 0 Å². The molecule has 0 amide bonds.